The van der Waals surface area contributed by atoms with Gasteiger partial charge >= 0.3 is 20.8 Å². The Morgan fingerprint density at radius 1 is 0.586 bits per heavy atom. The molecule has 0 saturated carbocycles. The number of hydrogen-bond acceptors (Lipinski definition) is 6. The first-order valence-corrected chi connectivity index (χ1v) is 13.5. The summed E-state index contributed by atoms with van der Waals surface area (Å²) in [6.45, 7) is 3.49. The molecule has 0 spiro atoms. The first-order chi connectivity index (χ1) is 13.5. The minimum atomic E-state index is -4.66. The fourth-order valence-corrected chi connectivity index (χ4v) is 4.21. The average molecular weight is 461 g/mol. The third-order valence-electron chi connectivity index (χ3n) is 5.15. The quantitative estimate of drug-likeness (QED) is 0.189. The summed E-state index contributed by atoms with van der Waals surface area (Å²) >= 11 is 0. The van der Waals surface area contributed by atoms with Gasteiger partial charge in [-0.25, -0.2) is 8.37 Å². The van der Waals surface area contributed by atoms with E-state index in [-0.39, 0.29) is 13.2 Å². The van der Waals surface area contributed by atoms with E-state index in [1.165, 1.54) is 0 Å². The van der Waals surface area contributed by atoms with Crippen molar-refractivity contribution in [3.8, 4) is 0 Å². The second-order valence-electron chi connectivity index (χ2n) is 7.92. The van der Waals surface area contributed by atoms with Crippen molar-refractivity contribution in [2.45, 2.75) is 104 Å². The minimum absolute atomic E-state index is 0.384. The lowest BCUT2D eigenvalue weighted by Crippen LogP contribution is -2.34. The lowest BCUT2D eigenvalue weighted by atomic mass is 9.79. The molecule has 176 valence electrons. The molecule has 0 heterocycles. The van der Waals surface area contributed by atoms with Crippen LogP contribution in [0.25, 0.3) is 0 Å². The van der Waals surface area contributed by atoms with Crippen LogP contribution in [0, 0.1) is 5.41 Å². The number of unbranched alkanes of at least 4 members (excludes halogenated alkanes) is 10. The highest BCUT2D eigenvalue weighted by Crippen LogP contribution is 2.34. The molecule has 0 aliphatic heterocycles. The summed E-state index contributed by atoms with van der Waals surface area (Å²) in [6.07, 6.45) is 13.2. The summed E-state index contributed by atoms with van der Waals surface area (Å²) in [4.78, 5) is 0. The van der Waals surface area contributed by atoms with Crippen LogP contribution in [0.3, 0.4) is 0 Å². The second-order valence-corrected chi connectivity index (χ2v) is 10.1. The third-order valence-corrected chi connectivity index (χ3v) is 5.98. The Kier molecular flexibility index (Phi) is 15.4. The minimum Gasteiger partial charge on any atom is -0.264 e. The predicted molar refractivity (Wildman–Crippen MR) is 113 cm³/mol. The molecule has 0 aliphatic carbocycles. The van der Waals surface area contributed by atoms with Crippen LogP contribution in [0.5, 0.6) is 0 Å². The van der Waals surface area contributed by atoms with Crippen LogP contribution < -0.4 is 0 Å². The van der Waals surface area contributed by atoms with Gasteiger partial charge in [-0.3, -0.25) is 9.11 Å². The zero-order chi connectivity index (χ0) is 22.2. The lowest BCUT2D eigenvalue weighted by Gasteiger charge is -2.32. The Bertz CT molecular complexity index is 548. The van der Waals surface area contributed by atoms with E-state index >= 15 is 0 Å². The molecule has 0 aromatic rings. The Morgan fingerprint density at radius 2 is 0.897 bits per heavy atom. The molecule has 0 aliphatic rings. The van der Waals surface area contributed by atoms with E-state index in [0.717, 1.165) is 77.0 Å². The van der Waals surface area contributed by atoms with Gasteiger partial charge < -0.3 is 0 Å². The maximum atomic E-state index is 11.1. The van der Waals surface area contributed by atoms with E-state index in [4.69, 9.17) is 9.11 Å². The van der Waals surface area contributed by atoms with Gasteiger partial charge in [0.15, 0.2) is 0 Å². The summed E-state index contributed by atoms with van der Waals surface area (Å²) < 4.78 is 71.6. The average Bonchev–Trinajstić information content (AvgIpc) is 2.62. The van der Waals surface area contributed by atoms with Gasteiger partial charge in [-0.15, -0.1) is 0 Å². The van der Waals surface area contributed by atoms with Gasteiger partial charge in [-0.05, 0) is 12.8 Å². The van der Waals surface area contributed by atoms with Crippen molar-refractivity contribution >= 4 is 20.8 Å². The van der Waals surface area contributed by atoms with Crippen molar-refractivity contribution in [2.24, 2.45) is 5.41 Å². The van der Waals surface area contributed by atoms with Crippen LogP contribution in [-0.4, -0.2) is 39.2 Å². The molecular weight excluding hydrogens is 420 g/mol. The summed E-state index contributed by atoms with van der Waals surface area (Å²) in [5, 5.41) is 0. The van der Waals surface area contributed by atoms with Crippen LogP contribution in [0.1, 0.15) is 104 Å². The van der Waals surface area contributed by atoms with Gasteiger partial charge in [0.1, 0.15) is 0 Å². The zero-order valence-electron chi connectivity index (χ0n) is 18.0. The summed E-state index contributed by atoms with van der Waals surface area (Å²) in [5.41, 5.74) is -0.916. The second kappa shape index (κ2) is 15.5. The highest BCUT2D eigenvalue weighted by atomic mass is 32.3. The summed E-state index contributed by atoms with van der Waals surface area (Å²) in [5.74, 6) is 0. The first kappa shape index (κ1) is 28.7. The van der Waals surface area contributed by atoms with E-state index in [0.29, 0.717) is 12.8 Å². The molecule has 0 unspecified atom stereocenters. The summed E-state index contributed by atoms with van der Waals surface area (Å²) in [7, 11) is -9.33. The molecule has 0 aromatic carbocycles. The third kappa shape index (κ3) is 18.2. The van der Waals surface area contributed by atoms with E-state index in [2.05, 4.69) is 22.2 Å². The highest BCUT2D eigenvalue weighted by molar-refractivity contribution is 7.81. The molecule has 0 aromatic heterocycles. The van der Waals surface area contributed by atoms with Crippen LogP contribution >= 0.6 is 0 Å². The molecule has 0 atom stereocenters. The first-order valence-electron chi connectivity index (χ1n) is 10.8. The largest absolute Gasteiger partial charge is 0.397 e. The van der Waals surface area contributed by atoms with Gasteiger partial charge in [0.2, 0.25) is 0 Å². The van der Waals surface area contributed by atoms with Crippen LogP contribution in [0.15, 0.2) is 0 Å². The van der Waals surface area contributed by atoms with Crippen LogP contribution in [0.4, 0.5) is 0 Å². The topological polar surface area (TPSA) is 127 Å². The number of rotatable bonds is 20. The van der Waals surface area contributed by atoms with E-state index < -0.39 is 26.2 Å². The molecule has 0 saturated heterocycles. The van der Waals surface area contributed by atoms with Gasteiger partial charge in [0.05, 0.1) is 13.2 Å². The van der Waals surface area contributed by atoms with E-state index in [1.807, 2.05) is 0 Å². The highest BCUT2D eigenvalue weighted by Gasteiger charge is 2.34. The molecule has 0 fully saturated rings. The van der Waals surface area contributed by atoms with Crippen LogP contribution in [-0.2, 0) is 29.2 Å². The Balaban J connectivity index is 5.00. The monoisotopic (exact) mass is 460 g/mol. The maximum absolute atomic E-state index is 11.1. The molecule has 0 rings (SSSR count). The van der Waals surface area contributed by atoms with Crippen molar-refractivity contribution in [1.82, 2.24) is 0 Å². The molecule has 2 N–H and O–H groups in total. The Labute approximate surface area is 177 Å². The number of hydrogen-bond donors (Lipinski definition) is 2. The summed E-state index contributed by atoms with van der Waals surface area (Å²) in [6, 6.07) is 0. The fraction of sp³-hybridized carbons (Fsp3) is 1.00. The SMILES string of the molecule is CCCCCCCCC(CCCCCCCC)(COS(=O)(=O)O)COS(=O)(=O)O. The molecule has 0 radical (unpaired) electrons. The van der Waals surface area contributed by atoms with Crippen molar-refractivity contribution < 1.29 is 34.3 Å². The van der Waals surface area contributed by atoms with E-state index in [1.54, 1.807) is 0 Å². The molecule has 10 heteroatoms. The predicted octanol–water partition coefficient (Wildman–Crippen LogP) is 5.11. The molecule has 8 nitrogen and oxygen atoms in total. The van der Waals surface area contributed by atoms with Gasteiger partial charge in [0.25, 0.3) is 0 Å². The smallest absolute Gasteiger partial charge is 0.264 e. The molecule has 0 bridgehead atoms. The van der Waals surface area contributed by atoms with Crippen molar-refractivity contribution in [3.05, 3.63) is 0 Å². The molecule has 29 heavy (non-hydrogen) atoms. The standard InChI is InChI=1S/C19H40O8S2/c1-3-5-7-9-11-13-15-19(17-26-28(20,21)22,18-27-29(23,24)25)16-14-12-10-8-6-4-2/h3-18H2,1-2H3,(H,20,21,22)(H,23,24,25). The lowest BCUT2D eigenvalue weighted by molar-refractivity contribution is 0.0519. The molecular formula is C19H40O8S2. The van der Waals surface area contributed by atoms with Gasteiger partial charge in [-0.1, -0.05) is 90.9 Å². The zero-order valence-corrected chi connectivity index (χ0v) is 19.6. The Morgan fingerprint density at radius 3 is 1.21 bits per heavy atom. The maximum Gasteiger partial charge on any atom is 0.397 e. The van der Waals surface area contributed by atoms with Crippen LogP contribution in [0.2, 0.25) is 0 Å². The van der Waals surface area contributed by atoms with Crippen molar-refractivity contribution in [1.29, 1.82) is 0 Å². The Hall–Kier alpha value is -0.260. The van der Waals surface area contributed by atoms with E-state index in [9.17, 15) is 16.8 Å². The van der Waals surface area contributed by atoms with Gasteiger partial charge in [-0.2, -0.15) is 16.8 Å². The fourth-order valence-electron chi connectivity index (χ4n) is 3.41. The van der Waals surface area contributed by atoms with Crippen molar-refractivity contribution in [3.63, 3.8) is 0 Å². The van der Waals surface area contributed by atoms with Gasteiger partial charge in [0, 0.05) is 5.41 Å². The van der Waals surface area contributed by atoms with Crippen molar-refractivity contribution in [2.75, 3.05) is 13.2 Å². The molecule has 0 amide bonds. The normalized spacial score (nSPS) is 13.1.